The maximum absolute atomic E-state index is 12.9. The van der Waals surface area contributed by atoms with E-state index in [9.17, 15) is 14.9 Å². The number of imidazole rings is 1. The van der Waals surface area contributed by atoms with Gasteiger partial charge in [-0.15, -0.1) is 0 Å². The molecule has 0 bridgehead atoms. The zero-order chi connectivity index (χ0) is 32.1. The molecular weight excluding hydrogens is 593 g/mol. The number of fused-ring (bicyclic) bond motifs is 1. The second-order valence-corrected chi connectivity index (χ2v) is 13.8. The van der Waals surface area contributed by atoms with Crippen LogP contribution in [-0.4, -0.2) is 50.8 Å². The highest BCUT2D eigenvalue weighted by atomic mass is 31.2. The SMILES string of the molecule is CCCC1C[C@@]1(C)[C@H]1O[C@@H](n2cnc3c(=O)[nH]c(NC(=O)C(C)C)nc32)CC1OP(OCCC#N)N(CCC)c1ccccc1. The fraction of sp³-hybridized carbons (Fsp3) is 0.594. The molecule has 2 aromatic heterocycles. The van der Waals surface area contributed by atoms with E-state index in [1.54, 1.807) is 24.7 Å². The first-order chi connectivity index (χ1) is 21.7. The summed E-state index contributed by atoms with van der Waals surface area (Å²) in [5.41, 5.74) is 0.977. The van der Waals surface area contributed by atoms with Crippen molar-refractivity contribution in [2.45, 2.75) is 91.6 Å². The highest BCUT2D eigenvalue weighted by Crippen LogP contribution is 2.63. The Morgan fingerprint density at radius 2 is 2.09 bits per heavy atom. The summed E-state index contributed by atoms with van der Waals surface area (Å²) in [4.78, 5) is 36.8. The number of nitrogens with one attached hydrogen (secondary N) is 2. The van der Waals surface area contributed by atoms with Gasteiger partial charge in [-0.3, -0.25) is 24.5 Å². The summed E-state index contributed by atoms with van der Waals surface area (Å²) in [5.74, 6) is 0.0522. The van der Waals surface area contributed by atoms with Crippen LogP contribution in [0.4, 0.5) is 11.6 Å². The quantitative estimate of drug-likeness (QED) is 0.145. The molecule has 1 saturated carbocycles. The fourth-order valence-electron chi connectivity index (χ4n) is 6.11. The number of hydrogen-bond acceptors (Lipinski definition) is 9. The van der Waals surface area contributed by atoms with Gasteiger partial charge in [0.15, 0.2) is 11.2 Å². The fourth-order valence-corrected chi connectivity index (χ4v) is 7.78. The predicted octanol–water partition coefficient (Wildman–Crippen LogP) is 6.29. The monoisotopic (exact) mass is 637 g/mol. The van der Waals surface area contributed by atoms with Gasteiger partial charge in [0.2, 0.25) is 11.9 Å². The van der Waals surface area contributed by atoms with Gasteiger partial charge in [0.25, 0.3) is 14.1 Å². The molecule has 3 aromatic rings. The first-order valence-corrected chi connectivity index (χ1v) is 17.1. The third kappa shape index (κ3) is 7.23. The summed E-state index contributed by atoms with van der Waals surface area (Å²) >= 11 is 0. The minimum Gasteiger partial charge on any atom is -0.351 e. The summed E-state index contributed by atoms with van der Waals surface area (Å²) in [5, 5.41) is 11.9. The van der Waals surface area contributed by atoms with Crippen LogP contribution in [0.3, 0.4) is 0 Å². The van der Waals surface area contributed by atoms with E-state index in [-0.39, 0.29) is 53.9 Å². The van der Waals surface area contributed by atoms with E-state index >= 15 is 0 Å². The Balaban J connectivity index is 1.48. The van der Waals surface area contributed by atoms with E-state index in [0.717, 1.165) is 37.9 Å². The summed E-state index contributed by atoms with van der Waals surface area (Å²) in [6, 6.07) is 12.2. The van der Waals surface area contributed by atoms with Crippen LogP contribution in [0.15, 0.2) is 41.5 Å². The van der Waals surface area contributed by atoms with Gasteiger partial charge in [0.1, 0.15) is 6.23 Å². The van der Waals surface area contributed by atoms with Gasteiger partial charge in [-0.2, -0.15) is 10.2 Å². The van der Waals surface area contributed by atoms with Crippen molar-refractivity contribution in [3.05, 3.63) is 47.0 Å². The van der Waals surface area contributed by atoms with Crippen LogP contribution in [0.1, 0.15) is 79.4 Å². The number of H-pyrrole nitrogens is 1. The number of amides is 1. The molecule has 1 saturated heterocycles. The number of para-hydroxylation sites is 1. The van der Waals surface area contributed by atoms with Crippen LogP contribution in [0, 0.1) is 28.6 Å². The number of nitriles is 1. The molecule has 2 N–H and O–H groups in total. The van der Waals surface area contributed by atoms with Crippen molar-refractivity contribution in [3.63, 3.8) is 0 Å². The van der Waals surface area contributed by atoms with Crippen LogP contribution in [-0.2, 0) is 18.6 Å². The number of hydrogen-bond donors (Lipinski definition) is 2. The van der Waals surface area contributed by atoms with E-state index in [1.807, 2.05) is 30.3 Å². The third-order valence-corrected chi connectivity index (χ3v) is 10.3. The Labute approximate surface area is 265 Å². The third-order valence-electron chi connectivity index (χ3n) is 8.66. The van der Waals surface area contributed by atoms with E-state index in [2.05, 4.69) is 51.8 Å². The molecule has 242 valence electrons. The molecule has 3 unspecified atom stereocenters. The molecule has 1 amide bonds. The van der Waals surface area contributed by atoms with Crippen molar-refractivity contribution >= 4 is 37.2 Å². The standard InChI is InChI=1S/C32H44N7O5P/c1-6-12-22-19-32(22,5)27-24(44-45(42-17-11-15-33)39(16-7-2)23-13-9-8-10-14-23)18-25(43-27)38-20-34-26-28(38)35-31(37-30(26)41)36-29(40)21(3)4/h8-10,13-14,20-22,24-25,27H,6-7,11-12,16-19H2,1-5H3,(H2,35,36,37,40,41)/t22?,24?,25-,27+,32-,45?/m1/s1. The lowest BCUT2D eigenvalue weighted by atomic mass is 9.93. The number of ether oxygens (including phenoxy) is 1. The van der Waals surface area contributed by atoms with Gasteiger partial charge in [-0.05, 0) is 36.3 Å². The van der Waals surface area contributed by atoms with Crippen LogP contribution in [0.2, 0.25) is 0 Å². The van der Waals surface area contributed by atoms with Gasteiger partial charge in [0.05, 0.1) is 37.6 Å². The molecule has 2 fully saturated rings. The normalized spacial score (nSPS) is 24.9. The second-order valence-electron chi connectivity index (χ2n) is 12.4. The molecule has 3 heterocycles. The number of aromatic nitrogens is 4. The highest BCUT2D eigenvalue weighted by molar-refractivity contribution is 7.49. The smallest absolute Gasteiger partial charge is 0.290 e. The molecule has 13 heteroatoms. The van der Waals surface area contributed by atoms with Crippen LogP contribution in [0.25, 0.3) is 11.2 Å². The number of carbonyl (C=O) groups is 1. The van der Waals surface area contributed by atoms with Crippen molar-refractivity contribution in [1.29, 1.82) is 5.26 Å². The molecule has 1 aliphatic heterocycles. The second kappa shape index (κ2) is 14.4. The van der Waals surface area contributed by atoms with E-state index < -0.39 is 20.3 Å². The van der Waals surface area contributed by atoms with Crippen molar-refractivity contribution in [2.75, 3.05) is 23.1 Å². The van der Waals surface area contributed by atoms with Crippen molar-refractivity contribution in [3.8, 4) is 6.07 Å². The Morgan fingerprint density at radius 1 is 1.31 bits per heavy atom. The number of aromatic amines is 1. The van der Waals surface area contributed by atoms with Gasteiger partial charge in [-0.1, -0.05) is 65.7 Å². The van der Waals surface area contributed by atoms with Crippen molar-refractivity contribution in [2.24, 2.45) is 17.3 Å². The van der Waals surface area contributed by atoms with Gasteiger partial charge in [0, 0.05) is 24.6 Å². The molecule has 0 spiro atoms. The summed E-state index contributed by atoms with van der Waals surface area (Å²) in [6.45, 7) is 11.1. The zero-order valence-electron chi connectivity index (χ0n) is 26.7. The molecule has 12 nitrogen and oxygen atoms in total. The van der Waals surface area contributed by atoms with Gasteiger partial charge in [-0.25, -0.2) is 4.98 Å². The lowest BCUT2D eigenvalue weighted by Gasteiger charge is -2.35. The Bertz CT molecular complexity index is 1560. The molecule has 2 aliphatic rings. The van der Waals surface area contributed by atoms with Gasteiger partial charge >= 0.3 is 0 Å². The Kier molecular flexibility index (Phi) is 10.6. The minimum absolute atomic E-state index is 0.0694. The molecular formula is C32H44N7O5P. The summed E-state index contributed by atoms with van der Waals surface area (Å²) in [7, 11) is -1.58. The topological polar surface area (TPSA) is 147 Å². The van der Waals surface area contributed by atoms with E-state index in [4.69, 9.17) is 13.8 Å². The molecule has 5 rings (SSSR count). The Hall–Kier alpha value is -3.36. The van der Waals surface area contributed by atoms with Crippen molar-refractivity contribution in [1.82, 2.24) is 19.5 Å². The molecule has 0 radical (unpaired) electrons. The van der Waals surface area contributed by atoms with Crippen molar-refractivity contribution < 1.29 is 18.6 Å². The average Bonchev–Trinajstić information content (AvgIpc) is 3.32. The lowest BCUT2D eigenvalue weighted by Crippen LogP contribution is -2.34. The summed E-state index contributed by atoms with van der Waals surface area (Å²) < 4.78 is 24.1. The van der Waals surface area contributed by atoms with Crippen LogP contribution >= 0.6 is 8.53 Å². The molecule has 6 atom stereocenters. The summed E-state index contributed by atoms with van der Waals surface area (Å²) in [6.07, 6.45) is 5.39. The zero-order valence-corrected chi connectivity index (χ0v) is 27.6. The number of benzene rings is 1. The largest absolute Gasteiger partial charge is 0.351 e. The van der Waals surface area contributed by atoms with Crippen LogP contribution < -0.4 is 15.5 Å². The van der Waals surface area contributed by atoms with Gasteiger partial charge < -0.3 is 18.5 Å². The predicted molar refractivity (Wildman–Crippen MR) is 173 cm³/mol. The maximum atomic E-state index is 12.9. The number of nitrogens with zero attached hydrogens (tertiary/aromatic N) is 5. The first-order valence-electron chi connectivity index (χ1n) is 15.9. The maximum Gasteiger partial charge on any atom is 0.290 e. The van der Waals surface area contributed by atoms with E-state index in [0.29, 0.717) is 18.0 Å². The number of anilines is 2. The minimum atomic E-state index is -1.58. The highest BCUT2D eigenvalue weighted by Gasteiger charge is 2.61. The van der Waals surface area contributed by atoms with E-state index in [1.165, 1.54) is 0 Å². The average molecular weight is 638 g/mol. The number of rotatable bonds is 15. The molecule has 1 aromatic carbocycles. The first kappa shape index (κ1) is 33.0. The Morgan fingerprint density at radius 3 is 2.78 bits per heavy atom. The number of carbonyl (C=O) groups excluding carboxylic acids is 1. The molecule has 1 aliphatic carbocycles. The molecule has 45 heavy (non-hydrogen) atoms. The lowest BCUT2D eigenvalue weighted by molar-refractivity contribution is -0.118. The van der Waals surface area contributed by atoms with Crippen LogP contribution in [0.5, 0.6) is 0 Å².